The molecule has 2 aromatic heterocycles. The van der Waals surface area contributed by atoms with Gasteiger partial charge in [0.1, 0.15) is 16.9 Å². The highest BCUT2D eigenvalue weighted by atomic mass is 32.1. The highest BCUT2D eigenvalue weighted by Crippen LogP contribution is 2.35. The van der Waals surface area contributed by atoms with Crippen LogP contribution in [0.3, 0.4) is 0 Å². The predicted octanol–water partition coefficient (Wildman–Crippen LogP) is 3.66. The number of thiophene rings is 1. The Morgan fingerprint density at radius 1 is 1.33 bits per heavy atom. The molecule has 0 radical (unpaired) electrons. The standard InChI is InChI=1S/C17H17N3O3S/c1-4-23-16-13-10(3)14(24-17(13)19-8-18-16)15(22)20-12-6-5-11(21)7-9(12)2/h5-8,21H,4H2,1-3H3,(H,20,22). The Morgan fingerprint density at radius 2 is 2.12 bits per heavy atom. The number of hydrogen-bond acceptors (Lipinski definition) is 6. The Kier molecular flexibility index (Phi) is 4.35. The first-order valence-electron chi connectivity index (χ1n) is 7.49. The average Bonchev–Trinajstić information content (AvgIpc) is 2.88. The number of phenols is 1. The van der Waals surface area contributed by atoms with Gasteiger partial charge in [-0.05, 0) is 50.1 Å². The lowest BCUT2D eigenvalue weighted by Crippen LogP contribution is -2.12. The summed E-state index contributed by atoms with van der Waals surface area (Å²) in [6.07, 6.45) is 1.44. The van der Waals surface area contributed by atoms with E-state index < -0.39 is 0 Å². The van der Waals surface area contributed by atoms with E-state index in [0.29, 0.717) is 23.1 Å². The van der Waals surface area contributed by atoms with Crippen molar-refractivity contribution in [3.05, 3.63) is 40.5 Å². The Balaban J connectivity index is 1.98. The van der Waals surface area contributed by atoms with Gasteiger partial charge < -0.3 is 15.2 Å². The van der Waals surface area contributed by atoms with E-state index in [1.54, 1.807) is 18.2 Å². The summed E-state index contributed by atoms with van der Waals surface area (Å²) in [5.41, 5.74) is 2.25. The van der Waals surface area contributed by atoms with Crippen LogP contribution in [0.2, 0.25) is 0 Å². The van der Waals surface area contributed by atoms with Crippen LogP contribution in [0.15, 0.2) is 24.5 Å². The predicted molar refractivity (Wildman–Crippen MR) is 94.1 cm³/mol. The molecule has 0 saturated carbocycles. The van der Waals surface area contributed by atoms with Crippen molar-refractivity contribution in [3.8, 4) is 11.6 Å². The molecule has 0 saturated heterocycles. The second-order valence-corrected chi connectivity index (χ2v) is 6.30. The first kappa shape index (κ1) is 16.2. The average molecular weight is 343 g/mol. The molecule has 2 heterocycles. The van der Waals surface area contributed by atoms with E-state index in [0.717, 1.165) is 21.3 Å². The molecule has 3 rings (SSSR count). The van der Waals surface area contributed by atoms with E-state index in [1.165, 1.54) is 17.7 Å². The first-order valence-corrected chi connectivity index (χ1v) is 8.30. The lowest BCUT2D eigenvalue weighted by molar-refractivity contribution is 0.103. The van der Waals surface area contributed by atoms with E-state index in [9.17, 15) is 9.90 Å². The molecule has 0 aliphatic rings. The number of nitrogens with zero attached hydrogens (tertiary/aromatic N) is 2. The van der Waals surface area contributed by atoms with Crippen molar-refractivity contribution < 1.29 is 14.6 Å². The third kappa shape index (κ3) is 2.90. The fraction of sp³-hybridized carbons (Fsp3) is 0.235. The summed E-state index contributed by atoms with van der Waals surface area (Å²) in [7, 11) is 0. The van der Waals surface area contributed by atoms with Crippen LogP contribution in [0.1, 0.15) is 27.7 Å². The van der Waals surface area contributed by atoms with Crippen molar-refractivity contribution in [1.82, 2.24) is 9.97 Å². The summed E-state index contributed by atoms with van der Waals surface area (Å²) in [6, 6.07) is 4.82. The van der Waals surface area contributed by atoms with Crippen molar-refractivity contribution in [2.45, 2.75) is 20.8 Å². The van der Waals surface area contributed by atoms with Crippen molar-refractivity contribution in [2.75, 3.05) is 11.9 Å². The second-order valence-electron chi connectivity index (χ2n) is 5.30. The normalized spacial score (nSPS) is 10.8. The van der Waals surface area contributed by atoms with Crippen LogP contribution < -0.4 is 10.1 Å². The van der Waals surface area contributed by atoms with E-state index in [4.69, 9.17) is 4.74 Å². The number of carbonyl (C=O) groups is 1. The second kappa shape index (κ2) is 6.45. The fourth-order valence-corrected chi connectivity index (χ4v) is 3.50. The molecule has 0 atom stereocenters. The number of amides is 1. The Morgan fingerprint density at radius 3 is 2.83 bits per heavy atom. The van der Waals surface area contributed by atoms with E-state index >= 15 is 0 Å². The molecule has 0 fully saturated rings. The minimum Gasteiger partial charge on any atom is -0.508 e. The molecule has 0 aliphatic heterocycles. The van der Waals surface area contributed by atoms with Crippen molar-refractivity contribution in [2.24, 2.45) is 0 Å². The smallest absolute Gasteiger partial charge is 0.266 e. The molecule has 1 amide bonds. The van der Waals surface area contributed by atoms with Gasteiger partial charge >= 0.3 is 0 Å². The van der Waals surface area contributed by atoms with Crippen LogP contribution in [-0.2, 0) is 0 Å². The summed E-state index contributed by atoms with van der Waals surface area (Å²) in [6.45, 7) is 6.07. The maximum Gasteiger partial charge on any atom is 0.266 e. The molecule has 6 nitrogen and oxygen atoms in total. The van der Waals surface area contributed by atoms with Gasteiger partial charge in [0, 0.05) is 5.69 Å². The number of aromatic nitrogens is 2. The van der Waals surface area contributed by atoms with Crippen LogP contribution in [0, 0.1) is 13.8 Å². The van der Waals surface area contributed by atoms with Gasteiger partial charge in [-0.2, -0.15) is 0 Å². The number of carbonyl (C=O) groups excluding carboxylic acids is 1. The molecule has 0 spiro atoms. The SMILES string of the molecule is CCOc1ncnc2sc(C(=O)Nc3ccc(O)cc3C)c(C)c12. The molecule has 124 valence electrons. The molecule has 3 aromatic rings. The largest absolute Gasteiger partial charge is 0.508 e. The van der Waals surface area contributed by atoms with Gasteiger partial charge in [0.05, 0.1) is 16.9 Å². The maximum absolute atomic E-state index is 12.7. The number of benzene rings is 1. The number of nitrogens with one attached hydrogen (secondary N) is 1. The molecule has 24 heavy (non-hydrogen) atoms. The molecule has 2 N–H and O–H groups in total. The number of ether oxygens (including phenoxy) is 1. The monoisotopic (exact) mass is 343 g/mol. The maximum atomic E-state index is 12.7. The zero-order chi connectivity index (χ0) is 17.3. The molecular weight excluding hydrogens is 326 g/mol. The Labute approximate surface area is 143 Å². The molecule has 1 aromatic carbocycles. The summed E-state index contributed by atoms with van der Waals surface area (Å²) in [5, 5.41) is 13.1. The first-order chi connectivity index (χ1) is 11.5. The number of hydrogen-bond donors (Lipinski definition) is 2. The number of rotatable bonds is 4. The summed E-state index contributed by atoms with van der Waals surface area (Å²) < 4.78 is 5.54. The topological polar surface area (TPSA) is 84.3 Å². The zero-order valence-corrected chi connectivity index (χ0v) is 14.4. The summed E-state index contributed by atoms with van der Waals surface area (Å²) >= 11 is 1.31. The molecular formula is C17H17N3O3S. The minimum atomic E-state index is -0.216. The van der Waals surface area contributed by atoms with Crippen LogP contribution in [0.5, 0.6) is 11.6 Å². The number of fused-ring (bicyclic) bond motifs is 1. The van der Waals surface area contributed by atoms with Crippen LogP contribution >= 0.6 is 11.3 Å². The molecule has 0 bridgehead atoms. The number of phenolic OH excluding ortho intramolecular Hbond substituents is 1. The number of aryl methyl sites for hydroxylation is 2. The quantitative estimate of drug-likeness (QED) is 0.706. The summed E-state index contributed by atoms with van der Waals surface area (Å²) in [5.74, 6) is 0.447. The highest BCUT2D eigenvalue weighted by Gasteiger charge is 2.20. The van der Waals surface area contributed by atoms with E-state index in [1.807, 2.05) is 20.8 Å². The third-order valence-corrected chi connectivity index (χ3v) is 4.84. The van der Waals surface area contributed by atoms with Gasteiger partial charge in [-0.1, -0.05) is 0 Å². The van der Waals surface area contributed by atoms with Gasteiger partial charge in [0.2, 0.25) is 5.88 Å². The Hall–Kier alpha value is -2.67. The van der Waals surface area contributed by atoms with Crippen LogP contribution in [0.4, 0.5) is 5.69 Å². The molecule has 0 aliphatic carbocycles. The van der Waals surface area contributed by atoms with Gasteiger partial charge in [0.15, 0.2) is 0 Å². The highest BCUT2D eigenvalue weighted by molar-refractivity contribution is 7.20. The van der Waals surface area contributed by atoms with E-state index in [2.05, 4.69) is 15.3 Å². The van der Waals surface area contributed by atoms with Crippen LogP contribution in [-0.4, -0.2) is 27.6 Å². The molecule has 7 heteroatoms. The van der Waals surface area contributed by atoms with E-state index in [-0.39, 0.29) is 11.7 Å². The van der Waals surface area contributed by atoms with Crippen LogP contribution in [0.25, 0.3) is 10.2 Å². The fourth-order valence-electron chi connectivity index (χ4n) is 2.47. The van der Waals surface area contributed by atoms with Gasteiger partial charge in [-0.25, -0.2) is 9.97 Å². The van der Waals surface area contributed by atoms with Gasteiger partial charge in [-0.3, -0.25) is 4.79 Å². The van der Waals surface area contributed by atoms with Gasteiger partial charge in [0.25, 0.3) is 5.91 Å². The zero-order valence-electron chi connectivity index (χ0n) is 13.6. The minimum absolute atomic E-state index is 0.167. The van der Waals surface area contributed by atoms with Crippen molar-refractivity contribution >= 4 is 33.1 Å². The Bertz CT molecular complexity index is 921. The lowest BCUT2D eigenvalue weighted by Gasteiger charge is -2.08. The van der Waals surface area contributed by atoms with Crippen molar-refractivity contribution in [3.63, 3.8) is 0 Å². The van der Waals surface area contributed by atoms with Gasteiger partial charge in [-0.15, -0.1) is 11.3 Å². The number of aromatic hydroxyl groups is 1. The molecule has 0 unspecified atom stereocenters. The lowest BCUT2D eigenvalue weighted by atomic mass is 10.1. The van der Waals surface area contributed by atoms with Crippen molar-refractivity contribution in [1.29, 1.82) is 0 Å². The number of anilines is 1. The summed E-state index contributed by atoms with van der Waals surface area (Å²) in [4.78, 5) is 22.3. The third-order valence-electron chi connectivity index (χ3n) is 3.64.